The topological polar surface area (TPSA) is 81.5 Å². The van der Waals surface area contributed by atoms with Gasteiger partial charge in [0.25, 0.3) is 5.69 Å². The van der Waals surface area contributed by atoms with Crippen LogP contribution >= 0.6 is 0 Å². The number of alkyl carbamates (subject to hydrolysis) is 1. The molecule has 0 saturated carbocycles. The van der Waals surface area contributed by atoms with Crippen LogP contribution in [0.25, 0.3) is 6.08 Å². The Morgan fingerprint density at radius 2 is 1.92 bits per heavy atom. The summed E-state index contributed by atoms with van der Waals surface area (Å²) in [5, 5.41) is 13.7. The van der Waals surface area contributed by atoms with Crippen molar-refractivity contribution in [3.05, 3.63) is 80.9 Å². The minimum absolute atomic E-state index is 0.109. The molecule has 2 rings (SSSR count). The van der Waals surface area contributed by atoms with Gasteiger partial charge in [0.2, 0.25) is 0 Å². The monoisotopic (exact) mass is 354 g/mol. The third-order valence-electron chi connectivity index (χ3n) is 3.87. The minimum Gasteiger partial charge on any atom is -0.445 e. The van der Waals surface area contributed by atoms with E-state index in [2.05, 4.69) is 5.32 Å². The zero-order chi connectivity index (χ0) is 18.9. The number of nitrogens with zero attached hydrogens (tertiary/aromatic N) is 1. The van der Waals surface area contributed by atoms with Gasteiger partial charge in [-0.05, 0) is 43.0 Å². The maximum atomic E-state index is 11.6. The number of hydrogen-bond acceptors (Lipinski definition) is 4. The van der Waals surface area contributed by atoms with E-state index in [9.17, 15) is 14.9 Å². The maximum absolute atomic E-state index is 11.6. The number of nitro benzene ring substituents is 1. The Hall–Kier alpha value is -3.15. The molecule has 0 radical (unpaired) electrons. The molecule has 0 atom stereocenters. The first-order valence-corrected chi connectivity index (χ1v) is 8.34. The number of ether oxygens (including phenoxy) is 1. The summed E-state index contributed by atoms with van der Waals surface area (Å²) >= 11 is 0. The maximum Gasteiger partial charge on any atom is 0.407 e. The summed E-state index contributed by atoms with van der Waals surface area (Å²) in [6.07, 6.45) is 3.84. The lowest BCUT2D eigenvalue weighted by atomic mass is 10.0. The quantitative estimate of drug-likeness (QED) is 0.449. The van der Waals surface area contributed by atoms with E-state index < -0.39 is 6.09 Å². The lowest BCUT2D eigenvalue weighted by molar-refractivity contribution is -0.385. The van der Waals surface area contributed by atoms with Crippen molar-refractivity contribution in [3.63, 3.8) is 0 Å². The second-order valence-corrected chi connectivity index (χ2v) is 5.93. The minimum atomic E-state index is -0.468. The largest absolute Gasteiger partial charge is 0.445 e. The van der Waals surface area contributed by atoms with Crippen molar-refractivity contribution in [2.75, 3.05) is 6.54 Å². The molecule has 0 heterocycles. The summed E-state index contributed by atoms with van der Waals surface area (Å²) < 4.78 is 5.12. The van der Waals surface area contributed by atoms with Crippen LogP contribution in [0.3, 0.4) is 0 Å². The van der Waals surface area contributed by atoms with E-state index in [1.807, 2.05) is 49.4 Å². The first kappa shape index (κ1) is 19.2. The Morgan fingerprint density at radius 1 is 1.19 bits per heavy atom. The molecule has 2 aromatic carbocycles. The number of aryl methyl sites for hydroxylation is 2. The molecule has 0 fully saturated rings. The van der Waals surface area contributed by atoms with Crippen molar-refractivity contribution in [2.24, 2.45) is 0 Å². The standard InChI is InChI=1S/C20H22N2O4/c1-15-12-16(2)19(22(24)25)13-18(15)10-6-7-11-21-20(23)26-14-17-8-4-3-5-9-17/h3-6,8-10,12-13H,7,11,14H2,1-2H3,(H,21,23). The van der Waals surface area contributed by atoms with Crippen molar-refractivity contribution < 1.29 is 14.5 Å². The molecule has 26 heavy (non-hydrogen) atoms. The van der Waals surface area contributed by atoms with E-state index in [1.54, 1.807) is 19.1 Å². The van der Waals surface area contributed by atoms with Crippen LogP contribution in [0.4, 0.5) is 10.5 Å². The molecular weight excluding hydrogens is 332 g/mol. The summed E-state index contributed by atoms with van der Waals surface area (Å²) in [7, 11) is 0. The van der Waals surface area contributed by atoms with E-state index in [0.717, 1.165) is 16.7 Å². The number of carbonyl (C=O) groups excluding carboxylic acids is 1. The Bertz CT molecular complexity index is 801. The first-order valence-electron chi connectivity index (χ1n) is 8.34. The summed E-state index contributed by atoms with van der Waals surface area (Å²) in [4.78, 5) is 22.3. The van der Waals surface area contributed by atoms with Gasteiger partial charge in [0.05, 0.1) is 4.92 Å². The Balaban J connectivity index is 1.78. The van der Waals surface area contributed by atoms with E-state index in [1.165, 1.54) is 0 Å². The number of nitrogens with one attached hydrogen (secondary N) is 1. The number of benzene rings is 2. The van der Waals surface area contributed by atoms with Crippen LogP contribution in [-0.2, 0) is 11.3 Å². The molecule has 0 unspecified atom stereocenters. The van der Waals surface area contributed by atoms with Crippen LogP contribution in [0, 0.1) is 24.0 Å². The van der Waals surface area contributed by atoms with Gasteiger partial charge in [-0.3, -0.25) is 10.1 Å². The highest BCUT2D eigenvalue weighted by Crippen LogP contribution is 2.23. The van der Waals surface area contributed by atoms with E-state index >= 15 is 0 Å². The molecule has 6 heteroatoms. The van der Waals surface area contributed by atoms with Gasteiger partial charge in [0.15, 0.2) is 0 Å². The third-order valence-corrected chi connectivity index (χ3v) is 3.87. The van der Waals surface area contributed by atoms with Crippen LogP contribution in [0.5, 0.6) is 0 Å². The Morgan fingerprint density at radius 3 is 2.62 bits per heavy atom. The SMILES string of the molecule is Cc1cc(C)c([N+](=O)[O-])cc1C=CCCNC(=O)OCc1ccccc1. The van der Waals surface area contributed by atoms with Crippen molar-refractivity contribution in [1.29, 1.82) is 0 Å². The number of hydrogen-bond donors (Lipinski definition) is 1. The highest BCUT2D eigenvalue weighted by atomic mass is 16.6. The van der Waals surface area contributed by atoms with Crippen molar-refractivity contribution >= 4 is 17.9 Å². The second kappa shape index (κ2) is 9.36. The number of amides is 1. The molecule has 1 N–H and O–H groups in total. The smallest absolute Gasteiger partial charge is 0.407 e. The molecule has 6 nitrogen and oxygen atoms in total. The zero-order valence-corrected chi connectivity index (χ0v) is 14.9. The Kier molecular flexibility index (Phi) is 6.91. The molecule has 2 aromatic rings. The number of nitro groups is 1. The average molecular weight is 354 g/mol. The molecule has 0 spiro atoms. The predicted octanol–water partition coefficient (Wildman–Crippen LogP) is 4.54. The fourth-order valence-corrected chi connectivity index (χ4v) is 2.48. The van der Waals surface area contributed by atoms with E-state index in [4.69, 9.17) is 4.74 Å². The van der Waals surface area contributed by atoms with Crippen LogP contribution < -0.4 is 5.32 Å². The number of carbonyl (C=O) groups is 1. The van der Waals surface area contributed by atoms with Gasteiger partial charge in [-0.2, -0.15) is 0 Å². The Labute approximate surface area is 152 Å². The lowest BCUT2D eigenvalue weighted by Gasteiger charge is -2.06. The van der Waals surface area contributed by atoms with Crippen molar-refractivity contribution in [3.8, 4) is 0 Å². The molecule has 0 aliphatic heterocycles. The van der Waals surface area contributed by atoms with Gasteiger partial charge in [-0.15, -0.1) is 0 Å². The number of rotatable bonds is 7. The molecule has 136 valence electrons. The average Bonchev–Trinajstić information content (AvgIpc) is 2.61. The van der Waals surface area contributed by atoms with Gasteiger partial charge in [-0.1, -0.05) is 42.5 Å². The summed E-state index contributed by atoms with van der Waals surface area (Å²) in [6, 6.07) is 12.8. The van der Waals surface area contributed by atoms with Gasteiger partial charge >= 0.3 is 6.09 Å². The zero-order valence-electron chi connectivity index (χ0n) is 14.9. The molecule has 0 aromatic heterocycles. The first-order chi connectivity index (χ1) is 12.5. The third kappa shape index (κ3) is 5.73. The lowest BCUT2D eigenvalue weighted by Crippen LogP contribution is -2.24. The summed E-state index contributed by atoms with van der Waals surface area (Å²) in [6.45, 7) is 4.30. The van der Waals surface area contributed by atoms with Crippen LogP contribution in [0.15, 0.2) is 48.5 Å². The normalized spacial score (nSPS) is 10.7. The van der Waals surface area contributed by atoms with Crippen molar-refractivity contribution in [2.45, 2.75) is 26.9 Å². The van der Waals surface area contributed by atoms with E-state index in [-0.39, 0.29) is 17.2 Å². The second-order valence-electron chi connectivity index (χ2n) is 5.93. The molecule has 1 amide bonds. The highest BCUT2D eigenvalue weighted by molar-refractivity contribution is 5.67. The van der Waals surface area contributed by atoms with Crippen LogP contribution in [0.1, 0.15) is 28.7 Å². The molecule has 0 saturated heterocycles. The highest BCUT2D eigenvalue weighted by Gasteiger charge is 2.12. The van der Waals surface area contributed by atoms with Gasteiger partial charge < -0.3 is 10.1 Å². The fourth-order valence-electron chi connectivity index (χ4n) is 2.48. The van der Waals surface area contributed by atoms with Crippen molar-refractivity contribution in [1.82, 2.24) is 5.32 Å². The predicted molar refractivity (Wildman–Crippen MR) is 101 cm³/mol. The van der Waals surface area contributed by atoms with Crippen LogP contribution in [-0.4, -0.2) is 17.6 Å². The summed E-state index contributed by atoms with van der Waals surface area (Å²) in [5.41, 5.74) is 3.46. The molecule has 0 bridgehead atoms. The summed E-state index contributed by atoms with van der Waals surface area (Å²) in [5.74, 6) is 0. The van der Waals surface area contributed by atoms with E-state index in [0.29, 0.717) is 18.5 Å². The molecule has 0 aliphatic rings. The molecular formula is C20H22N2O4. The van der Waals surface area contributed by atoms with Gasteiger partial charge in [-0.25, -0.2) is 4.79 Å². The molecule has 0 aliphatic carbocycles. The van der Waals surface area contributed by atoms with Gasteiger partial charge in [0.1, 0.15) is 6.61 Å². The fraction of sp³-hybridized carbons (Fsp3) is 0.250. The van der Waals surface area contributed by atoms with Crippen LogP contribution in [0.2, 0.25) is 0 Å². The van der Waals surface area contributed by atoms with Gasteiger partial charge in [0, 0.05) is 18.2 Å².